The number of ether oxygens (including phenoxy) is 4. The van der Waals surface area contributed by atoms with Crippen LogP contribution in [0.25, 0.3) is 0 Å². The molecule has 2 amide bonds. The number of methoxy groups -OCH3 is 1. The van der Waals surface area contributed by atoms with Crippen LogP contribution in [0.3, 0.4) is 0 Å². The minimum atomic E-state index is -1.79. The minimum absolute atomic E-state index is 0.373. The number of nitrogens with one attached hydrogen (secondary N) is 2. The lowest BCUT2D eigenvalue weighted by Crippen LogP contribution is -2.56. The van der Waals surface area contributed by atoms with Crippen LogP contribution < -0.4 is 29.6 Å². The first-order valence-corrected chi connectivity index (χ1v) is 15.3. The van der Waals surface area contributed by atoms with Gasteiger partial charge in [0.15, 0.2) is 11.5 Å². The van der Waals surface area contributed by atoms with Crippen LogP contribution in [-0.2, 0) is 14.4 Å². The first-order chi connectivity index (χ1) is 21.6. The summed E-state index contributed by atoms with van der Waals surface area (Å²) in [7, 11) is 1.49. The zero-order chi connectivity index (χ0) is 32.6. The molecule has 0 spiro atoms. The van der Waals surface area contributed by atoms with Gasteiger partial charge in [0.05, 0.1) is 49.8 Å². The number of carbonyl (C=O) groups excluding carboxylic acids is 3. The Morgan fingerprint density at radius 1 is 0.822 bits per heavy atom. The molecule has 0 aliphatic heterocycles. The average molecular weight is 619 g/mol. The SMILES string of the molecule is CCCOc1ccc(C2C(C(=O)Nc3ccccc3OCC)C(=O)CC(C)(O)C2C(=O)Nc2ccccc2OCC)cc1OC. The van der Waals surface area contributed by atoms with Crippen molar-refractivity contribution in [2.75, 3.05) is 37.6 Å². The monoisotopic (exact) mass is 618 g/mol. The second kappa shape index (κ2) is 14.9. The standard InChI is InChI=1S/C35H42N2O8/c1-6-19-45-28-18-17-22(20-29(28)42-5)30-31(33(39)36-23-13-9-11-15-26(23)43-7-2)25(38)21-35(4,41)32(30)34(40)37-24-14-10-12-16-27(24)44-8-3/h9-18,20,30-32,41H,6-8,19,21H2,1-5H3,(H,36,39)(H,37,40). The van der Waals surface area contributed by atoms with Crippen molar-refractivity contribution in [2.24, 2.45) is 11.8 Å². The van der Waals surface area contributed by atoms with Crippen LogP contribution in [0.4, 0.5) is 11.4 Å². The summed E-state index contributed by atoms with van der Waals surface area (Å²) < 4.78 is 22.8. The molecule has 0 radical (unpaired) electrons. The Morgan fingerprint density at radius 3 is 1.96 bits per heavy atom. The van der Waals surface area contributed by atoms with Gasteiger partial charge in [-0.25, -0.2) is 0 Å². The molecule has 3 aromatic carbocycles. The van der Waals surface area contributed by atoms with Crippen LogP contribution in [0.5, 0.6) is 23.0 Å². The van der Waals surface area contributed by atoms with E-state index in [1.54, 1.807) is 66.7 Å². The quantitative estimate of drug-likeness (QED) is 0.211. The third-order valence-corrected chi connectivity index (χ3v) is 7.76. The summed E-state index contributed by atoms with van der Waals surface area (Å²) >= 11 is 0. The molecule has 4 unspecified atom stereocenters. The van der Waals surface area contributed by atoms with Crippen LogP contribution in [0, 0.1) is 11.8 Å². The van der Waals surface area contributed by atoms with E-state index < -0.39 is 47.4 Å². The summed E-state index contributed by atoms with van der Waals surface area (Å²) in [6.07, 6.45) is 0.372. The topological polar surface area (TPSA) is 132 Å². The molecule has 1 aliphatic carbocycles. The zero-order valence-corrected chi connectivity index (χ0v) is 26.4. The Morgan fingerprint density at radius 2 is 1.40 bits per heavy atom. The normalized spacial score (nSPS) is 21.0. The van der Waals surface area contributed by atoms with Gasteiger partial charge in [-0.1, -0.05) is 37.3 Å². The Hall–Kier alpha value is -4.57. The van der Waals surface area contributed by atoms with E-state index in [9.17, 15) is 19.5 Å². The van der Waals surface area contributed by atoms with Gasteiger partial charge in [0.1, 0.15) is 23.2 Å². The zero-order valence-electron chi connectivity index (χ0n) is 26.4. The van der Waals surface area contributed by atoms with Crippen LogP contribution in [0.15, 0.2) is 66.7 Å². The first-order valence-electron chi connectivity index (χ1n) is 15.3. The summed E-state index contributed by atoms with van der Waals surface area (Å²) in [5, 5.41) is 17.5. The van der Waals surface area contributed by atoms with Crippen molar-refractivity contribution in [1.29, 1.82) is 0 Å². The van der Waals surface area contributed by atoms with E-state index in [4.69, 9.17) is 18.9 Å². The predicted octanol–water partition coefficient (Wildman–Crippen LogP) is 5.60. The molecule has 4 rings (SSSR count). The van der Waals surface area contributed by atoms with E-state index in [1.807, 2.05) is 20.8 Å². The Bertz CT molecular complexity index is 1500. The van der Waals surface area contributed by atoms with E-state index in [2.05, 4.69) is 10.6 Å². The highest BCUT2D eigenvalue weighted by molar-refractivity contribution is 6.11. The molecule has 0 bridgehead atoms. The largest absolute Gasteiger partial charge is 0.493 e. The molecule has 10 heteroatoms. The fourth-order valence-electron chi connectivity index (χ4n) is 5.84. The molecule has 0 heterocycles. The van der Waals surface area contributed by atoms with Crippen LogP contribution >= 0.6 is 0 Å². The highest BCUT2D eigenvalue weighted by Crippen LogP contribution is 2.48. The van der Waals surface area contributed by atoms with Crippen molar-refractivity contribution in [3.05, 3.63) is 72.3 Å². The van der Waals surface area contributed by atoms with Gasteiger partial charge in [-0.05, 0) is 69.2 Å². The molecule has 3 aromatic rings. The second-order valence-corrected chi connectivity index (χ2v) is 11.1. The van der Waals surface area contributed by atoms with Crippen molar-refractivity contribution in [1.82, 2.24) is 0 Å². The fraction of sp³-hybridized carbons (Fsp3) is 0.400. The lowest BCUT2D eigenvalue weighted by atomic mass is 9.61. The van der Waals surface area contributed by atoms with Crippen molar-refractivity contribution in [2.45, 2.75) is 52.1 Å². The number of Topliss-reactive ketones (excluding diaryl/α,β-unsaturated/α-hetero) is 1. The molecule has 3 N–H and O–H groups in total. The number of aliphatic hydroxyl groups is 1. The van der Waals surface area contributed by atoms with E-state index in [0.717, 1.165) is 6.42 Å². The molecular weight excluding hydrogens is 576 g/mol. The van der Waals surface area contributed by atoms with Gasteiger partial charge >= 0.3 is 0 Å². The van der Waals surface area contributed by atoms with Crippen molar-refractivity contribution < 1.29 is 38.4 Å². The summed E-state index contributed by atoms with van der Waals surface area (Å²) in [6, 6.07) is 18.9. The molecule has 0 saturated heterocycles. The molecule has 0 aromatic heterocycles. The molecule has 1 aliphatic rings. The molecule has 45 heavy (non-hydrogen) atoms. The van der Waals surface area contributed by atoms with Gasteiger partial charge in [0.2, 0.25) is 11.8 Å². The summed E-state index contributed by atoms with van der Waals surface area (Å²) in [6.45, 7) is 8.31. The van der Waals surface area contributed by atoms with Crippen molar-refractivity contribution >= 4 is 29.0 Å². The Labute approximate surface area is 264 Å². The maximum atomic E-state index is 14.2. The summed E-state index contributed by atoms with van der Waals surface area (Å²) in [5.74, 6) is -3.56. The van der Waals surface area contributed by atoms with Gasteiger partial charge in [0, 0.05) is 12.3 Å². The highest BCUT2D eigenvalue weighted by atomic mass is 16.5. The third kappa shape index (κ3) is 7.57. The average Bonchev–Trinajstić information content (AvgIpc) is 3.01. The van der Waals surface area contributed by atoms with Gasteiger partial charge in [-0.2, -0.15) is 0 Å². The highest BCUT2D eigenvalue weighted by Gasteiger charge is 2.56. The van der Waals surface area contributed by atoms with E-state index in [1.165, 1.54) is 14.0 Å². The third-order valence-electron chi connectivity index (χ3n) is 7.76. The number of anilines is 2. The number of carbonyl (C=O) groups is 3. The Kier molecular flexibility index (Phi) is 11.1. The molecule has 1 saturated carbocycles. The van der Waals surface area contributed by atoms with Gasteiger partial charge in [-0.15, -0.1) is 0 Å². The first kappa shape index (κ1) is 33.3. The molecule has 4 atom stereocenters. The van der Waals surface area contributed by atoms with Crippen LogP contribution in [0.2, 0.25) is 0 Å². The number of ketones is 1. The molecule has 240 valence electrons. The van der Waals surface area contributed by atoms with Crippen LogP contribution in [-0.4, -0.2) is 55.2 Å². The molecule has 10 nitrogen and oxygen atoms in total. The Balaban J connectivity index is 1.82. The number of amides is 2. The van der Waals surface area contributed by atoms with Crippen molar-refractivity contribution in [3.63, 3.8) is 0 Å². The number of benzene rings is 3. The minimum Gasteiger partial charge on any atom is -0.493 e. The maximum Gasteiger partial charge on any atom is 0.235 e. The lowest BCUT2D eigenvalue weighted by Gasteiger charge is -2.44. The smallest absolute Gasteiger partial charge is 0.235 e. The molecular formula is C35H42N2O8. The molecule has 1 fully saturated rings. The van der Waals surface area contributed by atoms with Gasteiger partial charge in [0.25, 0.3) is 0 Å². The summed E-state index contributed by atoms with van der Waals surface area (Å²) in [5.41, 5.74) is -0.540. The maximum absolute atomic E-state index is 14.2. The predicted molar refractivity (Wildman–Crippen MR) is 171 cm³/mol. The second-order valence-electron chi connectivity index (χ2n) is 11.1. The number of para-hydroxylation sites is 4. The lowest BCUT2D eigenvalue weighted by molar-refractivity contribution is -0.150. The number of hydrogen-bond acceptors (Lipinski definition) is 8. The summed E-state index contributed by atoms with van der Waals surface area (Å²) in [4.78, 5) is 42.1. The van der Waals surface area contributed by atoms with Crippen LogP contribution in [0.1, 0.15) is 52.0 Å². The van der Waals surface area contributed by atoms with Gasteiger partial charge in [-0.3, -0.25) is 14.4 Å². The number of hydrogen-bond donors (Lipinski definition) is 3. The van der Waals surface area contributed by atoms with E-state index in [-0.39, 0.29) is 0 Å². The van der Waals surface area contributed by atoms with Gasteiger partial charge < -0.3 is 34.7 Å². The van der Waals surface area contributed by atoms with E-state index >= 15 is 0 Å². The van der Waals surface area contributed by atoms with Crippen molar-refractivity contribution in [3.8, 4) is 23.0 Å². The van der Waals surface area contributed by atoms with E-state index in [0.29, 0.717) is 59.8 Å². The number of rotatable bonds is 13. The fourth-order valence-corrected chi connectivity index (χ4v) is 5.84.